The van der Waals surface area contributed by atoms with Gasteiger partial charge in [-0.05, 0) is 59.6 Å². The van der Waals surface area contributed by atoms with Crippen molar-refractivity contribution in [2.45, 2.75) is 52.9 Å². The molecule has 0 saturated heterocycles. The molecule has 0 heterocycles. The predicted molar refractivity (Wildman–Crippen MR) is 102 cm³/mol. The summed E-state index contributed by atoms with van der Waals surface area (Å²) in [5.74, 6) is 0.755. The maximum absolute atomic E-state index is 3.26. The highest BCUT2D eigenvalue weighted by atomic mass is 15.4. The van der Waals surface area contributed by atoms with E-state index in [0.29, 0.717) is 0 Å². The smallest absolute Gasteiger partial charge is 0.0540 e. The largest absolute Gasteiger partial charge is 0.301 e. The van der Waals surface area contributed by atoms with Crippen LogP contribution in [0.3, 0.4) is 0 Å². The molecule has 2 N–H and O–H groups in total. The zero-order chi connectivity index (χ0) is 16.9. The molecule has 0 aliphatic rings. The third-order valence-corrected chi connectivity index (χ3v) is 4.07. The Hall–Kier alpha value is -1.96. The van der Waals surface area contributed by atoms with E-state index >= 15 is 0 Å². The van der Waals surface area contributed by atoms with Crippen molar-refractivity contribution in [3.05, 3.63) is 59.7 Å². The van der Waals surface area contributed by atoms with Gasteiger partial charge in [-0.2, -0.15) is 0 Å². The Labute approximate surface area is 141 Å². The lowest BCUT2D eigenvalue weighted by Crippen LogP contribution is -2.12. The number of benzene rings is 2. The van der Waals surface area contributed by atoms with Crippen LogP contribution in [0, 0.1) is 5.92 Å². The van der Waals surface area contributed by atoms with E-state index in [-0.39, 0.29) is 5.41 Å². The topological polar surface area (TPSA) is 24.1 Å². The molecule has 0 bridgehead atoms. The van der Waals surface area contributed by atoms with Gasteiger partial charge in [-0.1, -0.05) is 58.9 Å². The van der Waals surface area contributed by atoms with Gasteiger partial charge in [0.15, 0.2) is 0 Å². The average molecular weight is 310 g/mol. The molecule has 0 aromatic heterocycles. The fraction of sp³-hybridized carbons (Fsp3) is 0.429. The SMILES string of the molecule is CC(C)CCc1ccc(NNc2ccc(C(C)(C)C)cc2)cc1. The molecule has 0 aliphatic carbocycles. The summed E-state index contributed by atoms with van der Waals surface area (Å²) in [7, 11) is 0. The average Bonchev–Trinajstić information content (AvgIpc) is 2.51. The van der Waals surface area contributed by atoms with Crippen LogP contribution in [-0.2, 0) is 11.8 Å². The Morgan fingerprint density at radius 2 is 1.26 bits per heavy atom. The van der Waals surface area contributed by atoms with Gasteiger partial charge in [0.2, 0.25) is 0 Å². The molecule has 23 heavy (non-hydrogen) atoms. The van der Waals surface area contributed by atoms with Crippen LogP contribution in [0.15, 0.2) is 48.5 Å². The van der Waals surface area contributed by atoms with Crippen molar-refractivity contribution in [3.63, 3.8) is 0 Å². The Morgan fingerprint density at radius 3 is 1.70 bits per heavy atom. The third-order valence-electron chi connectivity index (χ3n) is 4.07. The first-order valence-electron chi connectivity index (χ1n) is 8.56. The lowest BCUT2D eigenvalue weighted by molar-refractivity contribution is 0.587. The van der Waals surface area contributed by atoms with Crippen LogP contribution in [0.4, 0.5) is 11.4 Å². The van der Waals surface area contributed by atoms with E-state index in [1.807, 2.05) is 0 Å². The molecule has 0 radical (unpaired) electrons. The first kappa shape index (κ1) is 17.4. The quantitative estimate of drug-likeness (QED) is 0.638. The second-order valence-electron chi connectivity index (χ2n) is 7.71. The van der Waals surface area contributed by atoms with Crippen LogP contribution >= 0.6 is 0 Å². The summed E-state index contributed by atoms with van der Waals surface area (Å²) in [5, 5.41) is 0. The van der Waals surface area contributed by atoms with Crippen LogP contribution in [0.1, 0.15) is 52.2 Å². The zero-order valence-corrected chi connectivity index (χ0v) is 15.1. The van der Waals surface area contributed by atoms with Gasteiger partial charge in [-0.25, -0.2) is 0 Å². The van der Waals surface area contributed by atoms with Gasteiger partial charge in [0.05, 0.1) is 11.4 Å². The summed E-state index contributed by atoms with van der Waals surface area (Å²) in [6.07, 6.45) is 2.39. The van der Waals surface area contributed by atoms with E-state index in [4.69, 9.17) is 0 Å². The Bertz CT molecular complexity index is 589. The molecule has 0 amide bonds. The van der Waals surface area contributed by atoms with Gasteiger partial charge in [0.1, 0.15) is 0 Å². The number of hydrazine groups is 1. The lowest BCUT2D eigenvalue weighted by Gasteiger charge is -2.19. The highest BCUT2D eigenvalue weighted by Gasteiger charge is 2.12. The van der Waals surface area contributed by atoms with E-state index in [9.17, 15) is 0 Å². The number of aryl methyl sites for hydroxylation is 1. The molecule has 2 heteroatoms. The number of hydrogen-bond acceptors (Lipinski definition) is 2. The van der Waals surface area contributed by atoms with Crippen molar-refractivity contribution in [3.8, 4) is 0 Å². The molecule has 2 rings (SSSR count). The van der Waals surface area contributed by atoms with Gasteiger partial charge in [0.25, 0.3) is 0 Å². The molecule has 2 aromatic carbocycles. The molecule has 2 nitrogen and oxygen atoms in total. The molecule has 0 spiro atoms. The Balaban J connectivity index is 1.88. The molecule has 0 unspecified atom stereocenters. The first-order chi connectivity index (χ1) is 10.8. The predicted octanol–water partition coefficient (Wildman–Crippen LogP) is 6.01. The Morgan fingerprint density at radius 1 is 0.783 bits per heavy atom. The van der Waals surface area contributed by atoms with Crippen LogP contribution in [0.5, 0.6) is 0 Å². The van der Waals surface area contributed by atoms with Crippen molar-refractivity contribution >= 4 is 11.4 Å². The summed E-state index contributed by atoms with van der Waals surface area (Å²) >= 11 is 0. The van der Waals surface area contributed by atoms with Crippen molar-refractivity contribution in [1.82, 2.24) is 0 Å². The fourth-order valence-electron chi connectivity index (χ4n) is 2.41. The van der Waals surface area contributed by atoms with Crippen molar-refractivity contribution < 1.29 is 0 Å². The minimum Gasteiger partial charge on any atom is -0.301 e. The highest BCUT2D eigenvalue weighted by Crippen LogP contribution is 2.23. The van der Waals surface area contributed by atoms with Gasteiger partial charge in [-0.3, -0.25) is 0 Å². The van der Waals surface area contributed by atoms with Crippen molar-refractivity contribution in [2.75, 3.05) is 10.9 Å². The van der Waals surface area contributed by atoms with Crippen molar-refractivity contribution in [2.24, 2.45) is 5.92 Å². The monoisotopic (exact) mass is 310 g/mol. The second-order valence-corrected chi connectivity index (χ2v) is 7.71. The standard InChI is InChI=1S/C21H30N2/c1-16(2)6-7-17-8-12-19(13-9-17)22-23-20-14-10-18(11-15-20)21(3,4)5/h8-16,22-23H,6-7H2,1-5H3. The van der Waals surface area contributed by atoms with E-state index in [2.05, 4.69) is 94.0 Å². The molecule has 124 valence electrons. The van der Waals surface area contributed by atoms with E-state index in [1.54, 1.807) is 0 Å². The first-order valence-corrected chi connectivity index (χ1v) is 8.56. The number of hydrogen-bond donors (Lipinski definition) is 2. The minimum absolute atomic E-state index is 0.192. The van der Waals surface area contributed by atoms with Gasteiger partial charge in [-0.15, -0.1) is 0 Å². The molecule has 2 aromatic rings. The van der Waals surface area contributed by atoms with E-state index < -0.39 is 0 Å². The number of rotatable bonds is 6. The normalized spacial score (nSPS) is 11.6. The highest BCUT2D eigenvalue weighted by molar-refractivity contribution is 5.53. The van der Waals surface area contributed by atoms with Crippen molar-refractivity contribution in [1.29, 1.82) is 0 Å². The van der Waals surface area contributed by atoms with E-state index in [0.717, 1.165) is 23.7 Å². The Kier molecular flexibility index (Phi) is 5.70. The maximum atomic E-state index is 3.26. The minimum atomic E-state index is 0.192. The summed E-state index contributed by atoms with van der Waals surface area (Å²) in [6.45, 7) is 11.2. The van der Waals surface area contributed by atoms with Crippen LogP contribution in [-0.4, -0.2) is 0 Å². The van der Waals surface area contributed by atoms with Crippen LogP contribution in [0.2, 0.25) is 0 Å². The second kappa shape index (κ2) is 7.54. The summed E-state index contributed by atoms with van der Waals surface area (Å²) < 4.78 is 0. The molecular weight excluding hydrogens is 280 g/mol. The molecular formula is C21H30N2. The number of anilines is 2. The molecule has 0 fully saturated rings. The third kappa shape index (κ3) is 5.63. The molecule has 0 saturated carbocycles. The molecule has 0 aliphatic heterocycles. The lowest BCUT2D eigenvalue weighted by atomic mass is 9.87. The molecule has 0 atom stereocenters. The van der Waals surface area contributed by atoms with Crippen LogP contribution < -0.4 is 10.9 Å². The summed E-state index contributed by atoms with van der Waals surface area (Å²) in [6, 6.07) is 17.3. The van der Waals surface area contributed by atoms with Gasteiger partial charge >= 0.3 is 0 Å². The van der Waals surface area contributed by atoms with E-state index in [1.165, 1.54) is 17.5 Å². The summed E-state index contributed by atoms with van der Waals surface area (Å²) in [4.78, 5) is 0. The zero-order valence-electron chi connectivity index (χ0n) is 15.1. The van der Waals surface area contributed by atoms with Gasteiger partial charge < -0.3 is 10.9 Å². The fourth-order valence-corrected chi connectivity index (χ4v) is 2.41. The number of nitrogens with one attached hydrogen (secondary N) is 2. The summed E-state index contributed by atoms with van der Waals surface area (Å²) in [5.41, 5.74) is 11.6. The maximum Gasteiger partial charge on any atom is 0.0540 e. The van der Waals surface area contributed by atoms with Crippen LogP contribution in [0.25, 0.3) is 0 Å². The van der Waals surface area contributed by atoms with Gasteiger partial charge in [0, 0.05) is 0 Å².